The monoisotopic (exact) mass is 259 g/mol. The van der Waals surface area contributed by atoms with Crippen molar-refractivity contribution >= 4 is 16.8 Å². The molecular weight excluding hydrogens is 238 g/mol. The zero-order valence-electron chi connectivity index (χ0n) is 11.8. The average molecular weight is 259 g/mol. The Kier molecular flexibility index (Phi) is 4.20. The Morgan fingerprint density at radius 2 is 2.21 bits per heavy atom. The topological polar surface area (TPSA) is 57.8 Å². The van der Waals surface area contributed by atoms with Crippen LogP contribution in [0.4, 0.5) is 0 Å². The second-order valence-corrected chi connectivity index (χ2v) is 5.41. The molecular formula is C15H21N3O. The normalized spacial score (nSPS) is 11.2. The molecule has 2 aromatic rings. The van der Waals surface area contributed by atoms with Gasteiger partial charge in [0.1, 0.15) is 0 Å². The van der Waals surface area contributed by atoms with Crippen LogP contribution >= 0.6 is 0 Å². The van der Waals surface area contributed by atoms with Crippen LogP contribution in [0.3, 0.4) is 0 Å². The minimum atomic E-state index is -0.0967. The number of aryl methyl sites for hydroxylation is 1. The van der Waals surface area contributed by atoms with Gasteiger partial charge in [-0.15, -0.1) is 0 Å². The standard InChI is InChI=1S/C15H21N3O/c1-10(2)5-4-8-16-15(19)14-12-9-11(3)6-7-13(12)17-18-14/h6-7,9-10H,4-5,8H2,1-3H3,(H,16,19)(H,17,18). The zero-order chi connectivity index (χ0) is 13.8. The quantitative estimate of drug-likeness (QED) is 0.811. The first-order valence-corrected chi connectivity index (χ1v) is 6.81. The van der Waals surface area contributed by atoms with Gasteiger partial charge in [-0.05, 0) is 37.8 Å². The maximum Gasteiger partial charge on any atom is 0.272 e. The van der Waals surface area contributed by atoms with E-state index in [-0.39, 0.29) is 5.91 Å². The van der Waals surface area contributed by atoms with Crippen molar-refractivity contribution < 1.29 is 4.79 Å². The predicted octanol–water partition coefficient (Wildman–Crippen LogP) is 3.04. The fraction of sp³-hybridized carbons (Fsp3) is 0.467. The number of nitrogens with zero attached hydrogens (tertiary/aromatic N) is 1. The van der Waals surface area contributed by atoms with E-state index in [1.54, 1.807) is 0 Å². The minimum Gasteiger partial charge on any atom is -0.351 e. The molecule has 1 aromatic carbocycles. The van der Waals surface area contributed by atoms with Gasteiger partial charge in [-0.25, -0.2) is 0 Å². The van der Waals surface area contributed by atoms with Crippen molar-refractivity contribution in [3.8, 4) is 0 Å². The van der Waals surface area contributed by atoms with Gasteiger partial charge in [0.25, 0.3) is 5.91 Å². The summed E-state index contributed by atoms with van der Waals surface area (Å²) in [5, 5.41) is 10.8. The number of benzene rings is 1. The van der Waals surface area contributed by atoms with Gasteiger partial charge in [0.05, 0.1) is 5.52 Å². The van der Waals surface area contributed by atoms with Crippen LogP contribution in [-0.2, 0) is 0 Å². The second kappa shape index (κ2) is 5.87. The van der Waals surface area contributed by atoms with E-state index in [9.17, 15) is 4.79 Å². The van der Waals surface area contributed by atoms with E-state index in [2.05, 4.69) is 29.4 Å². The van der Waals surface area contributed by atoms with E-state index in [1.165, 1.54) is 0 Å². The molecule has 0 fully saturated rings. The third-order valence-electron chi connectivity index (χ3n) is 3.18. The number of aromatic nitrogens is 2. The number of rotatable bonds is 5. The lowest BCUT2D eigenvalue weighted by Crippen LogP contribution is -2.25. The smallest absolute Gasteiger partial charge is 0.272 e. The van der Waals surface area contributed by atoms with Crippen molar-refractivity contribution in [2.45, 2.75) is 33.6 Å². The highest BCUT2D eigenvalue weighted by Gasteiger charge is 2.13. The summed E-state index contributed by atoms with van der Waals surface area (Å²) in [7, 11) is 0. The molecule has 0 saturated heterocycles. The Bertz CT molecular complexity index is 572. The Labute approximate surface area is 113 Å². The van der Waals surface area contributed by atoms with Gasteiger partial charge in [-0.3, -0.25) is 9.89 Å². The molecule has 1 aromatic heterocycles. The molecule has 0 aliphatic heterocycles. The van der Waals surface area contributed by atoms with E-state index in [4.69, 9.17) is 0 Å². The lowest BCUT2D eigenvalue weighted by atomic mass is 10.1. The van der Waals surface area contributed by atoms with E-state index in [0.717, 1.165) is 29.3 Å². The molecule has 19 heavy (non-hydrogen) atoms. The SMILES string of the molecule is Cc1ccc2[nH]nc(C(=O)NCCCC(C)C)c2c1. The molecule has 0 bridgehead atoms. The van der Waals surface area contributed by atoms with Gasteiger partial charge in [0.15, 0.2) is 5.69 Å². The lowest BCUT2D eigenvalue weighted by molar-refractivity contribution is 0.0949. The number of nitrogens with one attached hydrogen (secondary N) is 2. The average Bonchev–Trinajstić information content (AvgIpc) is 2.77. The summed E-state index contributed by atoms with van der Waals surface area (Å²) in [5.41, 5.74) is 2.52. The van der Waals surface area contributed by atoms with E-state index < -0.39 is 0 Å². The van der Waals surface area contributed by atoms with E-state index in [0.29, 0.717) is 18.2 Å². The predicted molar refractivity (Wildman–Crippen MR) is 77.2 cm³/mol. The minimum absolute atomic E-state index is 0.0967. The first kappa shape index (κ1) is 13.6. The van der Waals surface area contributed by atoms with E-state index in [1.807, 2.05) is 25.1 Å². The highest BCUT2D eigenvalue weighted by molar-refractivity contribution is 6.04. The summed E-state index contributed by atoms with van der Waals surface area (Å²) in [6, 6.07) is 5.94. The number of amides is 1. The molecule has 0 spiro atoms. The van der Waals surface area contributed by atoms with Gasteiger partial charge in [0, 0.05) is 11.9 Å². The fourth-order valence-corrected chi connectivity index (χ4v) is 2.10. The Morgan fingerprint density at radius 3 is 2.95 bits per heavy atom. The molecule has 102 valence electrons. The molecule has 1 heterocycles. The highest BCUT2D eigenvalue weighted by Crippen LogP contribution is 2.17. The Balaban J connectivity index is 2.03. The van der Waals surface area contributed by atoms with Crippen molar-refractivity contribution in [1.29, 1.82) is 0 Å². The van der Waals surface area contributed by atoms with Crippen LogP contribution in [-0.4, -0.2) is 22.6 Å². The molecule has 2 rings (SSSR count). The third kappa shape index (κ3) is 3.34. The first-order valence-electron chi connectivity index (χ1n) is 6.81. The van der Waals surface area contributed by atoms with Crippen molar-refractivity contribution in [2.75, 3.05) is 6.54 Å². The molecule has 4 heteroatoms. The summed E-state index contributed by atoms with van der Waals surface area (Å²) in [5.74, 6) is 0.575. The molecule has 1 amide bonds. The van der Waals surface area contributed by atoms with Gasteiger partial charge >= 0.3 is 0 Å². The summed E-state index contributed by atoms with van der Waals surface area (Å²) >= 11 is 0. The van der Waals surface area contributed by atoms with Crippen LogP contribution < -0.4 is 5.32 Å². The van der Waals surface area contributed by atoms with Crippen molar-refractivity contribution in [3.63, 3.8) is 0 Å². The van der Waals surface area contributed by atoms with Crippen LogP contribution in [0, 0.1) is 12.8 Å². The number of hydrogen-bond donors (Lipinski definition) is 2. The second-order valence-electron chi connectivity index (χ2n) is 5.41. The number of carbonyl (C=O) groups is 1. The molecule has 0 radical (unpaired) electrons. The van der Waals surface area contributed by atoms with Gasteiger partial charge in [-0.2, -0.15) is 5.10 Å². The number of fused-ring (bicyclic) bond motifs is 1. The van der Waals surface area contributed by atoms with Crippen LogP contribution in [0.15, 0.2) is 18.2 Å². The summed E-state index contributed by atoms with van der Waals surface area (Å²) in [6.45, 7) is 7.09. The lowest BCUT2D eigenvalue weighted by Gasteiger charge is -2.05. The fourth-order valence-electron chi connectivity index (χ4n) is 2.10. The third-order valence-corrected chi connectivity index (χ3v) is 3.18. The molecule has 0 aliphatic rings. The van der Waals surface area contributed by atoms with Crippen LogP contribution in [0.2, 0.25) is 0 Å². The maximum atomic E-state index is 12.1. The number of hydrogen-bond acceptors (Lipinski definition) is 2. The summed E-state index contributed by atoms with van der Waals surface area (Å²) in [6.07, 6.45) is 2.13. The van der Waals surface area contributed by atoms with Crippen molar-refractivity contribution in [3.05, 3.63) is 29.5 Å². The molecule has 0 saturated carbocycles. The van der Waals surface area contributed by atoms with Gasteiger partial charge in [0.2, 0.25) is 0 Å². The Morgan fingerprint density at radius 1 is 1.42 bits per heavy atom. The zero-order valence-corrected chi connectivity index (χ0v) is 11.8. The largest absolute Gasteiger partial charge is 0.351 e. The molecule has 2 N–H and O–H groups in total. The molecule has 0 aliphatic carbocycles. The van der Waals surface area contributed by atoms with E-state index >= 15 is 0 Å². The number of aromatic amines is 1. The van der Waals surface area contributed by atoms with Gasteiger partial charge < -0.3 is 5.32 Å². The Hall–Kier alpha value is -1.84. The van der Waals surface area contributed by atoms with Crippen molar-refractivity contribution in [1.82, 2.24) is 15.5 Å². The van der Waals surface area contributed by atoms with Gasteiger partial charge in [-0.1, -0.05) is 25.5 Å². The van der Waals surface area contributed by atoms with Crippen LogP contribution in [0.5, 0.6) is 0 Å². The first-order chi connectivity index (χ1) is 9.08. The van der Waals surface area contributed by atoms with Crippen molar-refractivity contribution in [2.24, 2.45) is 5.92 Å². The van der Waals surface area contributed by atoms with Crippen LogP contribution in [0.25, 0.3) is 10.9 Å². The highest BCUT2D eigenvalue weighted by atomic mass is 16.1. The summed E-state index contributed by atoms with van der Waals surface area (Å²) in [4.78, 5) is 12.1. The molecule has 0 atom stereocenters. The number of H-pyrrole nitrogens is 1. The maximum absolute atomic E-state index is 12.1. The van der Waals surface area contributed by atoms with Crippen LogP contribution in [0.1, 0.15) is 42.7 Å². The number of carbonyl (C=O) groups excluding carboxylic acids is 1. The molecule has 4 nitrogen and oxygen atoms in total. The summed E-state index contributed by atoms with van der Waals surface area (Å²) < 4.78 is 0. The molecule has 0 unspecified atom stereocenters.